The van der Waals surface area contributed by atoms with E-state index in [9.17, 15) is 5.11 Å². The number of nitrogens with zero attached hydrogens (tertiary/aromatic N) is 1. The number of hydrogen-bond acceptors (Lipinski definition) is 5. The first-order valence-electron chi connectivity index (χ1n) is 8.01. The number of thiocarbonyl (C=S) groups is 1. The quantitative estimate of drug-likeness (QED) is 0.776. The minimum atomic E-state index is -0.352. The van der Waals surface area contributed by atoms with Crippen molar-refractivity contribution in [2.24, 2.45) is 0 Å². The van der Waals surface area contributed by atoms with E-state index in [1.54, 1.807) is 6.20 Å². The number of benzene rings is 1. The molecule has 0 fully saturated rings. The number of anilines is 1. The smallest absolute Gasteiger partial charge is 0.187 e. The van der Waals surface area contributed by atoms with Gasteiger partial charge in [0.15, 0.2) is 5.13 Å². The van der Waals surface area contributed by atoms with Crippen LogP contribution in [-0.4, -0.2) is 20.7 Å². The molecule has 0 radical (unpaired) electrons. The van der Waals surface area contributed by atoms with Crippen LogP contribution < -0.4 is 10.1 Å². The topological polar surface area (TPSA) is 54.4 Å². The van der Waals surface area contributed by atoms with Crippen molar-refractivity contribution in [1.29, 1.82) is 0 Å². The van der Waals surface area contributed by atoms with Crippen LogP contribution in [0, 0.1) is 20.8 Å². The zero-order valence-electron chi connectivity index (χ0n) is 14.4. The van der Waals surface area contributed by atoms with Crippen molar-refractivity contribution in [2.45, 2.75) is 52.6 Å². The third-order valence-electron chi connectivity index (χ3n) is 4.81. The lowest BCUT2D eigenvalue weighted by atomic mass is 9.85. The van der Waals surface area contributed by atoms with Gasteiger partial charge in [0.25, 0.3) is 0 Å². The lowest BCUT2D eigenvalue weighted by molar-refractivity contribution is 0.0716. The number of aromatic nitrogens is 1. The fourth-order valence-electron chi connectivity index (χ4n) is 3.21. The zero-order valence-corrected chi connectivity index (χ0v) is 16.0. The van der Waals surface area contributed by atoms with Gasteiger partial charge in [-0.1, -0.05) is 12.2 Å². The Balaban J connectivity index is 1.82. The van der Waals surface area contributed by atoms with Gasteiger partial charge in [0.2, 0.25) is 0 Å². The van der Waals surface area contributed by atoms with E-state index in [0.717, 1.165) is 51.0 Å². The predicted octanol–water partition coefficient (Wildman–Crippen LogP) is 4.69. The Morgan fingerprint density at radius 1 is 1.38 bits per heavy atom. The van der Waals surface area contributed by atoms with E-state index in [0.29, 0.717) is 12.2 Å². The van der Waals surface area contributed by atoms with Gasteiger partial charge in [-0.2, -0.15) is 0 Å². The zero-order chi connectivity index (χ0) is 17.5. The van der Waals surface area contributed by atoms with E-state index in [1.165, 1.54) is 11.3 Å². The highest BCUT2D eigenvalue weighted by molar-refractivity contribution is 7.80. The molecule has 1 aliphatic heterocycles. The summed E-state index contributed by atoms with van der Waals surface area (Å²) in [5, 5.41) is 16.2. The number of phenolic OH excluding ortho intramolecular Hbond substituents is 1. The number of aromatic hydroxyl groups is 1. The molecule has 0 bridgehead atoms. The summed E-state index contributed by atoms with van der Waals surface area (Å²) in [5.41, 5.74) is 3.59. The molecule has 1 atom stereocenters. The number of fused-ring (bicyclic) bond motifs is 1. The number of hydrogen-bond donors (Lipinski definition) is 2. The first kappa shape index (κ1) is 17.2. The van der Waals surface area contributed by atoms with E-state index in [-0.39, 0.29) is 5.60 Å². The Morgan fingerprint density at radius 3 is 2.79 bits per heavy atom. The largest absolute Gasteiger partial charge is 0.507 e. The highest BCUT2D eigenvalue weighted by atomic mass is 32.1. The number of phenols is 1. The highest BCUT2D eigenvalue weighted by Crippen LogP contribution is 2.44. The van der Waals surface area contributed by atoms with Crippen LogP contribution in [0.25, 0.3) is 0 Å². The second-order valence-corrected chi connectivity index (χ2v) is 8.03. The Labute approximate surface area is 151 Å². The number of ether oxygens (including phenoxy) is 1. The molecule has 2 N–H and O–H groups in total. The van der Waals surface area contributed by atoms with Crippen molar-refractivity contribution in [3.8, 4) is 11.5 Å². The summed E-state index contributed by atoms with van der Waals surface area (Å²) in [7, 11) is 0. The third kappa shape index (κ3) is 3.13. The van der Waals surface area contributed by atoms with E-state index < -0.39 is 0 Å². The third-order valence-corrected chi connectivity index (χ3v) is 5.74. The fraction of sp³-hybridized carbons (Fsp3) is 0.444. The van der Waals surface area contributed by atoms with Crippen LogP contribution in [0.3, 0.4) is 0 Å². The summed E-state index contributed by atoms with van der Waals surface area (Å²) >= 11 is 7.02. The molecule has 24 heavy (non-hydrogen) atoms. The van der Waals surface area contributed by atoms with Crippen molar-refractivity contribution < 1.29 is 9.84 Å². The molecule has 6 heteroatoms. The van der Waals surface area contributed by atoms with E-state index in [4.69, 9.17) is 17.0 Å². The molecule has 0 amide bonds. The Bertz CT molecular complexity index is 787. The van der Waals surface area contributed by atoms with E-state index >= 15 is 0 Å². The van der Waals surface area contributed by atoms with Gasteiger partial charge in [-0.3, -0.25) is 0 Å². The molecule has 2 aromatic rings. The molecule has 0 saturated carbocycles. The lowest BCUT2D eigenvalue weighted by Crippen LogP contribution is -2.40. The first-order valence-corrected chi connectivity index (χ1v) is 9.29. The van der Waals surface area contributed by atoms with Gasteiger partial charge in [0, 0.05) is 23.6 Å². The summed E-state index contributed by atoms with van der Waals surface area (Å²) < 4.78 is 6.40. The average Bonchev–Trinajstić information content (AvgIpc) is 3.03. The van der Waals surface area contributed by atoms with Gasteiger partial charge in [-0.25, -0.2) is 4.98 Å². The maximum absolute atomic E-state index is 10.3. The van der Waals surface area contributed by atoms with Gasteiger partial charge in [-0.15, -0.1) is 11.3 Å². The van der Waals surface area contributed by atoms with Crippen LogP contribution >= 0.6 is 23.6 Å². The summed E-state index contributed by atoms with van der Waals surface area (Å²) in [6.45, 7) is 8.00. The van der Waals surface area contributed by atoms with E-state index in [1.807, 2.05) is 26.2 Å². The maximum atomic E-state index is 10.3. The first-order chi connectivity index (χ1) is 11.3. The second kappa shape index (κ2) is 6.33. The number of thiazole rings is 1. The van der Waals surface area contributed by atoms with Gasteiger partial charge in [0.1, 0.15) is 17.1 Å². The van der Waals surface area contributed by atoms with Gasteiger partial charge in [-0.05, 0) is 57.2 Å². The molecule has 2 heterocycles. The van der Waals surface area contributed by atoms with Crippen LogP contribution in [0.5, 0.6) is 11.5 Å². The van der Waals surface area contributed by atoms with Crippen molar-refractivity contribution in [1.82, 2.24) is 4.98 Å². The fourth-order valence-corrected chi connectivity index (χ4v) is 4.23. The Hall–Kier alpha value is -1.66. The summed E-state index contributed by atoms with van der Waals surface area (Å²) in [4.78, 5) is 4.94. The molecule has 0 saturated heterocycles. The van der Waals surface area contributed by atoms with Crippen LogP contribution in [0.1, 0.15) is 42.0 Å². The molecule has 1 unspecified atom stereocenters. The average molecular weight is 363 g/mol. The van der Waals surface area contributed by atoms with Crippen LogP contribution in [0.2, 0.25) is 0 Å². The minimum Gasteiger partial charge on any atom is -0.507 e. The number of nitrogens with one attached hydrogen (secondary N) is 1. The van der Waals surface area contributed by atoms with Gasteiger partial charge < -0.3 is 15.2 Å². The standard InChI is InChI=1S/C18H22N2O2S2/c1-10-11(2)16-13(12(3)15(10)21)5-6-18(4,22-16)9-14(23)20-17-19-7-8-24-17/h7-8,21H,5-6,9H2,1-4H3,(H,19,20,23). The van der Waals surface area contributed by atoms with Gasteiger partial charge >= 0.3 is 0 Å². The van der Waals surface area contributed by atoms with Crippen LogP contribution in [0.15, 0.2) is 11.6 Å². The monoisotopic (exact) mass is 362 g/mol. The van der Waals surface area contributed by atoms with Crippen molar-refractivity contribution >= 4 is 33.7 Å². The van der Waals surface area contributed by atoms with Crippen LogP contribution in [0.4, 0.5) is 5.13 Å². The molecule has 128 valence electrons. The second-order valence-electron chi connectivity index (χ2n) is 6.65. The van der Waals surface area contributed by atoms with Gasteiger partial charge in [0.05, 0.1) is 4.99 Å². The minimum absolute atomic E-state index is 0.352. The lowest BCUT2D eigenvalue weighted by Gasteiger charge is -2.38. The molecule has 0 aliphatic carbocycles. The summed E-state index contributed by atoms with van der Waals surface area (Å²) in [5.74, 6) is 1.30. The molecule has 1 aromatic heterocycles. The maximum Gasteiger partial charge on any atom is 0.187 e. The molecule has 1 aliphatic rings. The van der Waals surface area contributed by atoms with Crippen molar-refractivity contribution in [3.63, 3.8) is 0 Å². The summed E-state index contributed by atoms with van der Waals surface area (Å²) in [6, 6.07) is 0. The molecule has 3 rings (SSSR count). The molecule has 0 spiro atoms. The number of rotatable bonds is 3. The van der Waals surface area contributed by atoms with Crippen molar-refractivity contribution in [2.75, 3.05) is 5.32 Å². The normalized spacial score (nSPS) is 19.5. The van der Waals surface area contributed by atoms with E-state index in [2.05, 4.69) is 17.2 Å². The molecule has 4 nitrogen and oxygen atoms in total. The molecular formula is C18H22N2O2S2. The Kier molecular flexibility index (Phi) is 4.53. The Morgan fingerprint density at radius 2 is 2.12 bits per heavy atom. The summed E-state index contributed by atoms with van der Waals surface area (Å²) in [6.07, 6.45) is 4.14. The molecular weight excluding hydrogens is 340 g/mol. The van der Waals surface area contributed by atoms with Crippen LogP contribution in [-0.2, 0) is 6.42 Å². The van der Waals surface area contributed by atoms with Crippen molar-refractivity contribution in [3.05, 3.63) is 33.8 Å². The molecule has 1 aromatic carbocycles. The SMILES string of the molecule is Cc1c(C)c2c(c(C)c1O)CCC(C)(CC(=S)Nc1nccs1)O2. The predicted molar refractivity (Wildman–Crippen MR) is 103 cm³/mol. The highest BCUT2D eigenvalue weighted by Gasteiger charge is 2.35.